The SMILES string of the molecule is COc1ccc(CN2C(=O)c3cc4ccc(OC)cc4n3C[C@]2(C)C(=O)NCCCN2C[C@@H](C)C[C@H](C)C2)cc1. The summed E-state index contributed by atoms with van der Waals surface area (Å²) in [6, 6.07) is 15.4. The molecule has 3 atom stereocenters. The van der Waals surface area contributed by atoms with Crippen molar-refractivity contribution in [2.75, 3.05) is 40.4 Å². The van der Waals surface area contributed by atoms with E-state index in [4.69, 9.17) is 9.47 Å². The van der Waals surface area contributed by atoms with E-state index in [1.807, 2.05) is 60.0 Å². The van der Waals surface area contributed by atoms with Gasteiger partial charge in [0.25, 0.3) is 5.91 Å². The van der Waals surface area contributed by atoms with Crippen LogP contribution in [-0.2, 0) is 17.9 Å². The lowest BCUT2D eigenvalue weighted by Crippen LogP contribution is -2.63. The van der Waals surface area contributed by atoms with E-state index >= 15 is 0 Å². The number of carbonyl (C=O) groups is 2. The number of carbonyl (C=O) groups excluding carboxylic acids is 2. The van der Waals surface area contributed by atoms with Gasteiger partial charge < -0.3 is 29.2 Å². The van der Waals surface area contributed by atoms with Crippen molar-refractivity contribution in [3.63, 3.8) is 0 Å². The lowest BCUT2D eigenvalue weighted by molar-refractivity contribution is -0.133. The minimum absolute atomic E-state index is 0.134. The number of rotatable bonds is 9. The maximum atomic E-state index is 14.0. The molecule has 0 radical (unpaired) electrons. The fourth-order valence-electron chi connectivity index (χ4n) is 6.49. The number of hydrogen-bond acceptors (Lipinski definition) is 5. The Morgan fingerprint density at radius 2 is 1.68 bits per heavy atom. The molecular formula is C32H42N4O4. The van der Waals surface area contributed by atoms with Gasteiger partial charge in [0.15, 0.2) is 0 Å². The van der Waals surface area contributed by atoms with Gasteiger partial charge in [-0.05, 0) is 74.0 Å². The largest absolute Gasteiger partial charge is 0.497 e. The van der Waals surface area contributed by atoms with Crippen LogP contribution in [-0.4, -0.2) is 72.1 Å². The van der Waals surface area contributed by atoms with Crippen LogP contribution in [0, 0.1) is 11.8 Å². The average molecular weight is 547 g/mol. The Hall–Kier alpha value is -3.52. The molecule has 5 rings (SSSR count). The van der Waals surface area contributed by atoms with E-state index in [0.29, 0.717) is 42.9 Å². The first kappa shape index (κ1) is 28.0. The van der Waals surface area contributed by atoms with Crippen molar-refractivity contribution in [1.82, 2.24) is 19.7 Å². The summed E-state index contributed by atoms with van der Waals surface area (Å²) in [5.74, 6) is 2.59. The summed E-state index contributed by atoms with van der Waals surface area (Å²) >= 11 is 0. The quantitative estimate of drug-likeness (QED) is 0.399. The number of methoxy groups -OCH3 is 2. The van der Waals surface area contributed by atoms with E-state index in [0.717, 1.165) is 48.3 Å². The number of piperidine rings is 1. The summed E-state index contributed by atoms with van der Waals surface area (Å²) in [7, 11) is 3.26. The summed E-state index contributed by atoms with van der Waals surface area (Å²) in [6.07, 6.45) is 2.16. The van der Waals surface area contributed by atoms with Crippen molar-refractivity contribution >= 4 is 22.7 Å². The molecule has 1 N–H and O–H groups in total. The van der Waals surface area contributed by atoms with Crippen molar-refractivity contribution < 1.29 is 19.1 Å². The standard InChI is InChI=1S/C32H42N4O4/c1-22-15-23(2)19-34(18-22)14-6-13-33-31(38)32(3)21-35-28-17-27(40-5)12-9-25(28)16-29(35)30(37)36(32)20-24-7-10-26(39-4)11-8-24/h7-12,16-17,22-23H,6,13-15,18-21H2,1-5H3,(H,33,38)/t22-,23-,32+/m0/s1. The van der Waals surface area contributed by atoms with Crippen molar-refractivity contribution in [3.8, 4) is 11.5 Å². The Morgan fingerprint density at radius 1 is 1.00 bits per heavy atom. The van der Waals surface area contributed by atoms with Crippen LogP contribution < -0.4 is 14.8 Å². The predicted octanol–water partition coefficient (Wildman–Crippen LogP) is 4.56. The maximum Gasteiger partial charge on any atom is 0.271 e. The Labute approximate surface area is 237 Å². The highest BCUT2D eigenvalue weighted by molar-refractivity contribution is 6.03. The molecule has 3 heterocycles. The molecule has 1 aromatic heterocycles. The zero-order valence-corrected chi connectivity index (χ0v) is 24.4. The van der Waals surface area contributed by atoms with Gasteiger partial charge in [0.2, 0.25) is 5.91 Å². The first-order valence-electron chi connectivity index (χ1n) is 14.3. The highest BCUT2D eigenvalue weighted by atomic mass is 16.5. The van der Waals surface area contributed by atoms with Gasteiger partial charge in [-0.2, -0.15) is 0 Å². The van der Waals surface area contributed by atoms with E-state index in [1.165, 1.54) is 6.42 Å². The molecule has 1 saturated heterocycles. The molecule has 2 aromatic carbocycles. The number of aromatic nitrogens is 1. The first-order chi connectivity index (χ1) is 19.2. The second-order valence-electron chi connectivity index (χ2n) is 11.9. The van der Waals surface area contributed by atoms with E-state index < -0.39 is 5.54 Å². The molecule has 3 aromatic rings. The van der Waals surface area contributed by atoms with Crippen LogP contribution in [0.5, 0.6) is 11.5 Å². The maximum absolute atomic E-state index is 14.0. The van der Waals surface area contributed by atoms with Crippen molar-refractivity contribution in [2.24, 2.45) is 11.8 Å². The number of hydrogen-bond donors (Lipinski definition) is 1. The van der Waals surface area contributed by atoms with Crippen molar-refractivity contribution in [2.45, 2.75) is 52.2 Å². The summed E-state index contributed by atoms with van der Waals surface area (Å²) < 4.78 is 12.7. The smallest absolute Gasteiger partial charge is 0.271 e. The van der Waals surface area contributed by atoms with E-state index in [2.05, 4.69) is 24.1 Å². The summed E-state index contributed by atoms with van der Waals surface area (Å²) in [4.78, 5) is 32.2. The topological polar surface area (TPSA) is 76.0 Å². The zero-order valence-electron chi connectivity index (χ0n) is 24.4. The van der Waals surface area contributed by atoms with Gasteiger partial charge in [0.1, 0.15) is 22.7 Å². The van der Waals surface area contributed by atoms with E-state index in [1.54, 1.807) is 19.1 Å². The van der Waals surface area contributed by atoms with Gasteiger partial charge in [-0.15, -0.1) is 0 Å². The molecule has 40 heavy (non-hydrogen) atoms. The third kappa shape index (κ3) is 5.55. The molecule has 0 bridgehead atoms. The molecule has 0 saturated carbocycles. The van der Waals surface area contributed by atoms with Gasteiger partial charge in [0.05, 0.1) is 26.3 Å². The fraction of sp³-hybridized carbons (Fsp3) is 0.500. The van der Waals surface area contributed by atoms with Crippen molar-refractivity contribution in [1.29, 1.82) is 0 Å². The Bertz CT molecular complexity index is 1360. The van der Waals surface area contributed by atoms with Crippen molar-refractivity contribution in [3.05, 3.63) is 59.8 Å². The summed E-state index contributed by atoms with van der Waals surface area (Å²) in [5.41, 5.74) is 1.33. The molecule has 0 aliphatic carbocycles. The number of nitrogens with zero attached hydrogens (tertiary/aromatic N) is 3. The molecule has 8 heteroatoms. The Balaban J connectivity index is 1.38. The number of benzene rings is 2. The van der Waals surface area contributed by atoms with Crippen LogP contribution in [0.4, 0.5) is 0 Å². The molecule has 0 spiro atoms. The van der Waals surface area contributed by atoms with Crippen LogP contribution in [0.1, 0.15) is 49.7 Å². The minimum atomic E-state index is -1.08. The second kappa shape index (κ2) is 11.5. The van der Waals surface area contributed by atoms with Crippen LogP contribution in [0.25, 0.3) is 10.9 Å². The Morgan fingerprint density at radius 3 is 2.35 bits per heavy atom. The van der Waals surface area contributed by atoms with Gasteiger partial charge in [0, 0.05) is 37.6 Å². The van der Waals surface area contributed by atoms with E-state index in [-0.39, 0.29) is 11.8 Å². The number of ether oxygens (including phenoxy) is 2. The monoisotopic (exact) mass is 546 g/mol. The highest BCUT2D eigenvalue weighted by Crippen LogP contribution is 2.35. The zero-order chi connectivity index (χ0) is 28.4. The predicted molar refractivity (Wildman–Crippen MR) is 157 cm³/mol. The van der Waals surface area contributed by atoms with Gasteiger partial charge >= 0.3 is 0 Å². The van der Waals surface area contributed by atoms with E-state index in [9.17, 15) is 9.59 Å². The van der Waals surface area contributed by atoms with Crippen LogP contribution in [0.15, 0.2) is 48.5 Å². The molecule has 2 amide bonds. The van der Waals surface area contributed by atoms with Gasteiger partial charge in [-0.1, -0.05) is 26.0 Å². The van der Waals surface area contributed by atoms with Gasteiger partial charge in [-0.3, -0.25) is 9.59 Å². The Kier molecular flexibility index (Phi) is 8.08. The fourth-order valence-corrected chi connectivity index (χ4v) is 6.49. The first-order valence-corrected chi connectivity index (χ1v) is 14.3. The normalized spacial score (nSPS) is 23.2. The summed E-state index contributed by atoms with van der Waals surface area (Å²) in [6.45, 7) is 11.0. The molecular weight excluding hydrogens is 504 g/mol. The lowest BCUT2D eigenvalue weighted by Gasteiger charge is -2.44. The average Bonchev–Trinajstić information content (AvgIpc) is 3.30. The number of amides is 2. The highest BCUT2D eigenvalue weighted by Gasteiger charge is 2.47. The molecule has 1 fully saturated rings. The van der Waals surface area contributed by atoms with Crippen LogP contribution >= 0.6 is 0 Å². The number of nitrogens with one attached hydrogen (secondary N) is 1. The van der Waals surface area contributed by atoms with Crippen LogP contribution in [0.2, 0.25) is 0 Å². The minimum Gasteiger partial charge on any atom is -0.497 e. The molecule has 2 aliphatic rings. The number of fused-ring (bicyclic) bond motifs is 3. The number of likely N-dealkylation sites (tertiary alicyclic amines) is 1. The molecule has 0 unspecified atom stereocenters. The second-order valence-corrected chi connectivity index (χ2v) is 11.9. The third-order valence-electron chi connectivity index (χ3n) is 8.51. The van der Waals surface area contributed by atoms with Crippen LogP contribution in [0.3, 0.4) is 0 Å². The molecule has 2 aliphatic heterocycles. The molecule has 214 valence electrons. The summed E-state index contributed by atoms with van der Waals surface area (Å²) in [5, 5.41) is 4.13. The third-order valence-corrected chi connectivity index (χ3v) is 8.51. The lowest BCUT2D eigenvalue weighted by atomic mass is 9.92. The van der Waals surface area contributed by atoms with Gasteiger partial charge in [-0.25, -0.2) is 0 Å². The molecule has 8 nitrogen and oxygen atoms in total.